The van der Waals surface area contributed by atoms with Crippen molar-refractivity contribution < 1.29 is 0 Å². The largest absolute Gasteiger partial charge is 0.370 e. The van der Waals surface area contributed by atoms with E-state index < -0.39 is 0 Å². The van der Waals surface area contributed by atoms with Crippen LogP contribution >= 0.6 is 0 Å². The van der Waals surface area contributed by atoms with E-state index in [0.29, 0.717) is 5.95 Å². The van der Waals surface area contributed by atoms with Gasteiger partial charge in [-0.25, -0.2) is 4.98 Å². The molecule has 0 atom stereocenters. The normalized spacial score (nSPS) is 19.4. The molecule has 1 aliphatic heterocycles. The van der Waals surface area contributed by atoms with Gasteiger partial charge in [0.05, 0.1) is 5.69 Å². The number of nitrogens with zero attached hydrogens (tertiary/aromatic N) is 2. The fourth-order valence-corrected chi connectivity index (χ4v) is 3.20. The Hall–Kier alpha value is -1.36. The van der Waals surface area contributed by atoms with Gasteiger partial charge in [0.15, 0.2) is 0 Å². The quantitative estimate of drug-likeness (QED) is 0.769. The number of nitrogens with one attached hydrogen (secondary N) is 2. The minimum Gasteiger partial charge on any atom is -0.370 e. The molecule has 3 rings (SSSR count). The molecule has 1 aromatic rings. The summed E-state index contributed by atoms with van der Waals surface area (Å²) in [6.45, 7) is 2.82. The number of rotatable bonds is 4. The topological polar surface area (TPSA) is 75.9 Å². The SMILES string of the molecule is Nc1nc2c(c(NCCC3CCCC3)n1)CNCC2. The summed E-state index contributed by atoms with van der Waals surface area (Å²) in [5.74, 6) is 2.23. The molecule has 1 aliphatic carbocycles. The van der Waals surface area contributed by atoms with E-state index in [-0.39, 0.29) is 0 Å². The number of fused-ring (bicyclic) bond motifs is 1. The lowest BCUT2D eigenvalue weighted by Gasteiger charge is -2.20. The molecular formula is C14H23N5. The van der Waals surface area contributed by atoms with Crippen LogP contribution in [0.4, 0.5) is 11.8 Å². The summed E-state index contributed by atoms with van der Waals surface area (Å²) in [7, 11) is 0. The van der Waals surface area contributed by atoms with Crippen LogP contribution in [0.5, 0.6) is 0 Å². The molecule has 5 heteroatoms. The van der Waals surface area contributed by atoms with E-state index in [4.69, 9.17) is 5.73 Å². The highest BCUT2D eigenvalue weighted by Gasteiger charge is 2.18. The molecular weight excluding hydrogens is 238 g/mol. The Kier molecular flexibility index (Phi) is 3.82. The lowest BCUT2D eigenvalue weighted by atomic mass is 10.0. The second-order valence-electron chi connectivity index (χ2n) is 5.65. The van der Waals surface area contributed by atoms with Crippen molar-refractivity contribution in [3.63, 3.8) is 0 Å². The van der Waals surface area contributed by atoms with Crippen molar-refractivity contribution in [3.05, 3.63) is 11.3 Å². The zero-order chi connectivity index (χ0) is 13.1. The third-order valence-electron chi connectivity index (χ3n) is 4.27. The highest BCUT2D eigenvalue weighted by molar-refractivity contribution is 5.50. The summed E-state index contributed by atoms with van der Waals surface area (Å²) in [5.41, 5.74) is 8.10. The van der Waals surface area contributed by atoms with Crippen LogP contribution in [-0.4, -0.2) is 23.1 Å². The van der Waals surface area contributed by atoms with Gasteiger partial charge in [0.2, 0.25) is 5.95 Å². The van der Waals surface area contributed by atoms with E-state index in [2.05, 4.69) is 20.6 Å². The molecule has 19 heavy (non-hydrogen) atoms. The van der Waals surface area contributed by atoms with E-state index in [9.17, 15) is 0 Å². The number of hydrogen-bond acceptors (Lipinski definition) is 5. The number of anilines is 2. The van der Waals surface area contributed by atoms with Gasteiger partial charge >= 0.3 is 0 Å². The van der Waals surface area contributed by atoms with Gasteiger partial charge in [0.1, 0.15) is 5.82 Å². The van der Waals surface area contributed by atoms with Gasteiger partial charge in [-0.2, -0.15) is 4.98 Å². The molecule has 4 N–H and O–H groups in total. The summed E-state index contributed by atoms with van der Waals surface area (Å²) in [6.07, 6.45) is 7.79. The first-order chi connectivity index (χ1) is 9.33. The molecule has 0 unspecified atom stereocenters. The van der Waals surface area contributed by atoms with E-state index in [0.717, 1.165) is 43.5 Å². The Morgan fingerprint density at radius 1 is 1.26 bits per heavy atom. The number of aromatic nitrogens is 2. The van der Waals surface area contributed by atoms with Gasteiger partial charge in [-0.1, -0.05) is 25.7 Å². The van der Waals surface area contributed by atoms with Crippen molar-refractivity contribution in [2.45, 2.75) is 45.1 Å². The number of nitrogens with two attached hydrogens (primary N) is 1. The van der Waals surface area contributed by atoms with E-state index in [1.165, 1.54) is 37.7 Å². The molecule has 0 aromatic carbocycles. The van der Waals surface area contributed by atoms with Crippen molar-refractivity contribution in [1.82, 2.24) is 15.3 Å². The summed E-state index contributed by atoms with van der Waals surface area (Å²) >= 11 is 0. The zero-order valence-electron chi connectivity index (χ0n) is 11.4. The molecule has 0 spiro atoms. The lowest BCUT2D eigenvalue weighted by Crippen LogP contribution is -2.27. The predicted octanol–water partition coefficient (Wildman–Crippen LogP) is 1.70. The molecule has 2 heterocycles. The van der Waals surface area contributed by atoms with Crippen LogP contribution in [0.25, 0.3) is 0 Å². The maximum Gasteiger partial charge on any atom is 0.222 e. The molecule has 1 aromatic heterocycles. The summed E-state index contributed by atoms with van der Waals surface area (Å²) < 4.78 is 0. The first kappa shape index (κ1) is 12.7. The smallest absolute Gasteiger partial charge is 0.222 e. The molecule has 0 radical (unpaired) electrons. The first-order valence-electron chi connectivity index (χ1n) is 7.43. The minimum atomic E-state index is 0.393. The number of nitrogen functional groups attached to an aromatic ring is 1. The van der Waals surface area contributed by atoms with E-state index in [1.807, 2.05) is 0 Å². The van der Waals surface area contributed by atoms with Crippen molar-refractivity contribution >= 4 is 11.8 Å². The monoisotopic (exact) mass is 261 g/mol. The van der Waals surface area contributed by atoms with Crippen molar-refractivity contribution in [1.29, 1.82) is 0 Å². The summed E-state index contributed by atoms with van der Waals surface area (Å²) in [5, 5.41) is 6.84. The van der Waals surface area contributed by atoms with Gasteiger partial charge in [0, 0.05) is 31.6 Å². The first-order valence-corrected chi connectivity index (χ1v) is 7.43. The molecule has 0 saturated heterocycles. The van der Waals surface area contributed by atoms with Crippen LogP contribution in [0, 0.1) is 5.92 Å². The van der Waals surface area contributed by atoms with Crippen LogP contribution in [0.15, 0.2) is 0 Å². The Labute approximate surface area is 114 Å². The Morgan fingerprint density at radius 3 is 2.95 bits per heavy atom. The molecule has 2 aliphatic rings. The van der Waals surface area contributed by atoms with Gasteiger partial charge in [0.25, 0.3) is 0 Å². The van der Waals surface area contributed by atoms with Gasteiger partial charge < -0.3 is 16.4 Å². The van der Waals surface area contributed by atoms with Crippen molar-refractivity contribution in [3.8, 4) is 0 Å². The zero-order valence-corrected chi connectivity index (χ0v) is 11.4. The summed E-state index contributed by atoms with van der Waals surface area (Å²) in [4.78, 5) is 8.71. The average Bonchev–Trinajstić information content (AvgIpc) is 2.91. The highest BCUT2D eigenvalue weighted by Crippen LogP contribution is 2.28. The lowest BCUT2D eigenvalue weighted by molar-refractivity contribution is 0.518. The van der Waals surface area contributed by atoms with Crippen LogP contribution < -0.4 is 16.4 Å². The van der Waals surface area contributed by atoms with E-state index in [1.54, 1.807) is 0 Å². The third kappa shape index (κ3) is 2.97. The molecule has 5 nitrogen and oxygen atoms in total. The minimum absolute atomic E-state index is 0.393. The highest BCUT2D eigenvalue weighted by atomic mass is 15.1. The van der Waals surface area contributed by atoms with Gasteiger partial charge in [-0.05, 0) is 12.3 Å². The Morgan fingerprint density at radius 2 is 2.11 bits per heavy atom. The van der Waals surface area contributed by atoms with Crippen LogP contribution in [0.1, 0.15) is 43.4 Å². The standard InChI is InChI=1S/C14H23N5/c15-14-18-12-6-7-16-9-11(12)13(19-14)17-8-5-10-3-1-2-4-10/h10,16H,1-9H2,(H3,15,17,18,19). The van der Waals surface area contributed by atoms with Gasteiger partial charge in [-0.3, -0.25) is 0 Å². The third-order valence-corrected chi connectivity index (χ3v) is 4.27. The molecule has 104 valence electrons. The maximum atomic E-state index is 5.79. The molecule has 0 amide bonds. The average molecular weight is 261 g/mol. The number of hydrogen-bond donors (Lipinski definition) is 3. The van der Waals surface area contributed by atoms with Crippen LogP contribution in [-0.2, 0) is 13.0 Å². The fourth-order valence-electron chi connectivity index (χ4n) is 3.20. The maximum absolute atomic E-state index is 5.79. The molecule has 0 bridgehead atoms. The van der Waals surface area contributed by atoms with Gasteiger partial charge in [-0.15, -0.1) is 0 Å². The second-order valence-corrected chi connectivity index (χ2v) is 5.65. The van der Waals surface area contributed by atoms with E-state index >= 15 is 0 Å². The fraction of sp³-hybridized carbons (Fsp3) is 0.714. The Bertz CT molecular complexity index is 440. The van der Waals surface area contributed by atoms with Crippen LogP contribution in [0.2, 0.25) is 0 Å². The van der Waals surface area contributed by atoms with Crippen molar-refractivity contribution in [2.24, 2.45) is 5.92 Å². The van der Waals surface area contributed by atoms with Crippen molar-refractivity contribution in [2.75, 3.05) is 24.1 Å². The predicted molar refractivity (Wildman–Crippen MR) is 76.9 cm³/mol. The molecule has 1 saturated carbocycles. The van der Waals surface area contributed by atoms with Crippen LogP contribution in [0.3, 0.4) is 0 Å². The summed E-state index contributed by atoms with van der Waals surface area (Å²) in [6, 6.07) is 0. The second kappa shape index (κ2) is 5.74. The Balaban J connectivity index is 1.64. The molecule has 1 fully saturated rings.